The molecule has 0 atom stereocenters. The summed E-state index contributed by atoms with van der Waals surface area (Å²) in [6.45, 7) is 4.32. The minimum atomic E-state index is 0.0845. The van der Waals surface area contributed by atoms with Gasteiger partial charge in [-0.25, -0.2) is 0 Å². The fourth-order valence-electron chi connectivity index (χ4n) is 2.45. The van der Waals surface area contributed by atoms with Crippen LogP contribution in [0.4, 0.5) is 0 Å². The first kappa shape index (κ1) is 10.7. The summed E-state index contributed by atoms with van der Waals surface area (Å²) < 4.78 is 0. The first-order valence-electron chi connectivity index (χ1n) is 5.92. The fraction of sp³-hybridized carbons (Fsp3) is 0.571. The second-order valence-electron chi connectivity index (χ2n) is 5.34. The quantitative estimate of drug-likeness (QED) is 0.744. The molecule has 1 aliphatic rings. The average molecular weight is 203 g/mol. The van der Waals surface area contributed by atoms with E-state index in [9.17, 15) is 0 Å². The van der Waals surface area contributed by atoms with Gasteiger partial charge in [-0.15, -0.1) is 0 Å². The van der Waals surface area contributed by atoms with Crippen LogP contribution in [0.1, 0.15) is 49.7 Å². The normalized spacial score (nSPS) is 31.5. The van der Waals surface area contributed by atoms with Gasteiger partial charge in [0.25, 0.3) is 0 Å². The lowest BCUT2D eigenvalue weighted by atomic mass is 9.75. The Bertz CT molecular complexity index is 314. The second kappa shape index (κ2) is 3.97. The van der Waals surface area contributed by atoms with Crippen LogP contribution in [0.2, 0.25) is 0 Å². The van der Waals surface area contributed by atoms with E-state index in [1.807, 2.05) is 0 Å². The molecule has 0 aromatic heterocycles. The van der Waals surface area contributed by atoms with Crippen LogP contribution in [0.5, 0.6) is 0 Å². The second-order valence-corrected chi connectivity index (χ2v) is 5.34. The van der Waals surface area contributed by atoms with E-state index in [-0.39, 0.29) is 5.54 Å². The van der Waals surface area contributed by atoms with E-state index in [2.05, 4.69) is 38.1 Å². The maximum Gasteiger partial charge on any atom is 0.0126 e. The van der Waals surface area contributed by atoms with Crippen LogP contribution in [0.15, 0.2) is 24.3 Å². The van der Waals surface area contributed by atoms with Crippen LogP contribution < -0.4 is 5.73 Å². The summed E-state index contributed by atoms with van der Waals surface area (Å²) in [6, 6.07) is 8.98. The zero-order chi connectivity index (χ0) is 10.9. The van der Waals surface area contributed by atoms with Gasteiger partial charge in [0.15, 0.2) is 0 Å². The third-order valence-electron chi connectivity index (χ3n) is 3.68. The summed E-state index contributed by atoms with van der Waals surface area (Å²) >= 11 is 0. The standard InChI is InChI=1S/C14H21N/c1-11-3-5-12(6-4-11)13-7-9-14(2,15)10-8-13/h3-6,13H,7-10,15H2,1-2H3/t13-,14+. The Morgan fingerprint density at radius 2 is 1.67 bits per heavy atom. The van der Waals surface area contributed by atoms with E-state index in [1.54, 1.807) is 0 Å². The molecule has 82 valence electrons. The lowest BCUT2D eigenvalue weighted by Crippen LogP contribution is -2.39. The highest BCUT2D eigenvalue weighted by Crippen LogP contribution is 2.36. The zero-order valence-corrected chi connectivity index (χ0v) is 9.79. The molecule has 1 aliphatic carbocycles. The Morgan fingerprint density at radius 3 is 2.20 bits per heavy atom. The molecule has 0 bridgehead atoms. The fourth-order valence-corrected chi connectivity index (χ4v) is 2.45. The van der Waals surface area contributed by atoms with Gasteiger partial charge < -0.3 is 5.73 Å². The van der Waals surface area contributed by atoms with Gasteiger partial charge in [-0.1, -0.05) is 29.8 Å². The molecule has 1 aromatic rings. The molecular formula is C14H21N. The summed E-state index contributed by atoms with van der Waals surface area (Å²) in [7, 11) is 0. The Morgan fingerprint density at radius 1 is 1.13 bits per heavy atom. The van der Waals surface area contributed by atoms with E-state index < -0.39 is 0 Å². The first-order valence-corrected chi connectivity index (χ1v) is 5.92. The lowest BCUT2D eigenvalue weighted by molar-refractivity contribution is 0.295. The van der Waals surface area contributed by atoms with Crippen LogP contribution in [-0.4, -0.2) is 5.54 Å². The molecule has 0 spiro atoms. The van der Waals surface area contributed by atoms with Crippen LogP contribution in [0.3, 0.4) is 0 Å². The third-order valence-corrected chi connectivity index (χ3v) is 3.68. The maximum atomic E-state index is 6.14. The molecule has 1 aromatic carbocycles. The highest BCUT2D eigenvalue weighted by atomic mass is 14.7. The largest absolute Gasteiger partial charge is 0.325 e. The van der Waals surface area contributed by atoms with Gasteiger partial charge in [0.1, 0.15) is 0 Å². The Hall–Kier alpha value is -0.820. The van der Waals surface area contributed by atoms with Crippen molar-refractivity contribution in [2.75, 3.05) is 0 Å². The monoisotopic (exact) mass is 203 g/mol. The molecular weight excluding hydrogens is 182 g/mol. The van der Waals surface area contributed by atoms with Crippen LogP contribution in [0, 0.1) is 6.92 Å². The SMILES string of the molecule is Cc1ccc([C@H]2CC[C@@](C)(N)CC2)cc1. The average Bonchev–Trinajstić information content (AvgIpc) is 2.20. The van der Waals surface area contributed by atoms with Gasteiger partial charge in [-0.3, -0.25) is 0 Å². The van der Waals surface area contributed by atoms with Gasteiger partial charge in [0.05, 0.1) is 0 Å². The molecule has 15 heavy (non-hydrogen) atoms. The minimum absolute atomic E-state index is 0.0845. The van der Waals surface area contributed by atoms with Crippen LogP contribution in [-0.2, 0) is 0 Å². The number of nitrogens with two attached hydrogens (primary N) is 1. The van der Waals surface area contributed by atoms with Crippen molar-refractivity contribution in [2.45, 2.75) is 51.0 Å². The van der Waals surface area contributed by atoms with Gasteiger partial charge >= 0.3 is 0 Å². The Kier molecular flexibility index (Phi) is 2.83. The topological polar surface area (TPSA) is 26.0 Å². The molecule has 2 N–H and O–H groups in total. The van der Waals surface area contributed by atoms with Crippen molar-refractivity contribution in [3.63, 3.8) is 0 Å². The van der Waals surface area contributed by atoms with Crippen molar-refractivity contribution in [3.05, 3.63) is 35.4 Å². The zero-order valence-electron chi connectivity index (χ0n) is 9.79. The Labute approximate surface area is 92.7 Å². The van der Waals surface area contributed by atoms with E-state index in [1.165, 1.54) is 24.0 Å². The van der Waals surface area contributed by atoms with E-state index in [0.29, 0.717) is 0 Å². The van der Waals surface area contributed by atoms with E-state index in [0.717, 1.165) is 18.8 Å². The van der Waals surface area contributed by atoms with E-state index >= 15 is 0 Å². The van der Waals surface area contributed by atoms with Gasteiger partial charge in [0.2, 0.25) is 0 Å². The number of benzene rings is 1. The molecule has 0 radical (unpaired) electrons. The van der Waals surface area contributed by atoms with E-state index in [4.69, 9.17) is 5.73 Å². The molecule has 1 saturated carbocycles. The first-order chi connectivity index (χ1) is 7.07. The highest BCUT2D eigenvalue weighted by molar-refractivity contribution is 5.25. The summed E-state index contributed by atoms with van der Waals surface area (Å²) in [5, 5.41) is 0. The summed E-state index contributed by atoms with van der Waals surface area (Å²) in [6.07, 6.45) is 4.81. The summed E-state index contributed by atoms with van der Waals surface area (Å²) in [5.41, 5.74) is 9.07. The third kappa shape index (κ3) is 2.60. The Balaban J connectivity index is 2.04. The molecule has 1 fully saturated rings. The van der Waals surface area contributed by atoms with Crippen molar-refractivity contribution in [1.82, 2.24) is 0 Å². The highest BCUT2D eigenvalue weighted by Gasteiger charge is 2.27. The van der Waals surface area contributed by atoms with Crippen molar-refractivity contribution < 1.29 is 0 Å². The lowest BCUT2D eigenvalue weighted by Gasteiger charge is -2.34. The van der Waals surface area contributed by atoms with Crippen molar-refractivity contribution in [3.8, 4) is 0 Å². The molecule has 0 heterocycles. The summed E-state index contributed by atoms with van der Waals surface area (Å²) in [4.78, 5) is 0. The molecule has 0 unspecified atom stereocenters. The molecule has 1 nitrogen and oxygen atoms in total. The number of aryl methyl sites for hydroxylation is 1. The van der Waals surface area contributed by atoms with Crippen LogP contribution >= 0.6 is 0 Å². The smallest absolute Gasteiger partial charge is 0.0126 e. The molecule has 0 amide bonds. The predicted molar refractivity (Wildman–Crippen MR) is 65.0 cm³/mol. The minimum Gasteiger partial charge on any atom is -0.325 e. The molecule has 2 rings (SSSR count). The summed E-state index contributed by atoms with van der Waals surface area (Å²) in [5.74, 6) is 0.738. The van der Waals surface area contributed by atoms with Gasteiger partial charge in [0, 0.05) is 5.54 Å². The number of hydrogen-bond donors (Lipinski definition) is 1. The molecule has 0 saturated heterocycles. The van der Waals surface area contributed by atoms with Crippen molar-refractivity contribution >= 4 is 0 Å². The molecule has 0 aliphatic heterocycles. The van der Waals surface area contributed by atoms with Crippen LogP contribution in [0.25, 0.3) is 0 Å². The van der Waals surface area contributed by atoms with Crippen molar-refractivity contribution in [2.24, 2.45) is 5.73 Å². The number of hydrogen-bond acceptors (Lipinski definition) is 1. The predicted octanol–water partition coefficient (Wildman–Crippen LogP) is 3.37. The number of rotatable bonds is 1. The van der Waals surface area contributed by atoms with Gasteiger partial charge in [-0.05, 0) is 51.0 Å². The van der Waals surface area contributed by atoms with Crippen molar-refractivity contribution in [1.29, 1.82) is 0 Å². The molecule has 1 heteroatoms. The van der Waals surface area contributed by atoms with Gasteiger partial charge in [-0.2, -0.15) is 0 Å². The maximum absolute atomic E-state index is 6.14.